The Morgan fingerprint density at radius 3 is 2.17 bits per heavy atom. The second-order valence-corrected chi connectivity index (χ2v) is 4.72. The Morgan fingerprint density at radius 2 is 1.92 bits per heavy atom. The molecule has 0 radical (unpaired) electrons. The molecule has 1 rings (SSSR count). The zero-order valence-corrected chi connectivity index (χ0v) is 11.2. The Hall–Kier alpha value is 1.51. The Bertz CT molecular complexity index is 282. The van der Waals surface area contributed by atoms with Gasteiger partial charge in [0.2, 0.25) is 0 Å². The first-order valence-electron chi connectivity index (χ1n) is 2.99. The topological polar surface area (TPSA) is 74.3 Å². The Kier molecular flexibility index (Phi) is 4.90. The van der Waals surface area contributed by atoms with Crippen LogP contribution in [0.3, 0.4) is 0 Å². The van der Waals surface area contributed by atoms with Gasteiger partial charge < -0.3 is 4.55 Å². The van der Waals surface area contributed by atoms with Gasteiger partial charge >= 0.3 is 51.4 Å². The molecule has 1 fully saturated rings. The van der Waals surface area contributed by atoms with Crippen molar-refractivity contribution in [1.82, 2.24) is 0 Å². The van der Waals surface area contributed by atoms with E-state index in [1.807, 2.05) is 0 Å². The number of hydrogen-bond donors (Lipinski definition) is 0. The molecule has 0 aromatic rings. The van der Waals surface area contributed by atoms with Crippen LogP contribution in [-0.2, 0) is 14.9 Å². The standard InChI is InChI=1S/C5H7ClO4S.K/c6-5(1-2-5)4(7)3-11(8,9)10;/h1-3H2,(H,8,9,10);/q;+1/p-1. The van der Waals surface area contributed by atoms with Gasteiger partial charge in [0.25, 0.3) is 0 Å². The van der Waals surface area contributed by atoms with Crippen LogP contribution in [0.4, 0.5) is 0 Å². The van der Waals surface area contributed by atoms with Gasteiger partial charge in [-0.2, -0.15) is 0 Å². The molecule has 0 heterocycles. The van der Waals surface area contributed by atoms with E-state index in [1.165, 1.54) is 0 Å². The summed E-state index contributed by atoms with van der Waals surface area (Å²) in [6, 6.07) is 0. The molecule has 12 heavy (non-hydrogen) atoms. The molecule has 0 bridgehead atoms. The average Bonchev–Trinajstić information content (AvgIpc) is 2.44. The van der Waals surface area contributed by atoms with Crippen molar-refractivity contribution in [2.75, 3.05) is 5.75 Å². The van der Waals surface area contributed by atoms with Gasteiger partial charge in [0.1, 0.15) is 15.0 Å². The first-order chi connectivity index (χ1) is 4.83. The van der Waals surface area contributed by atoms with Crippen LogP contribution in [0.2, 0.25) is 0 Å². The largest absolute Gasteiger partial charge is 1.00 e. The SMILES string of the molecule is O=C(CS(=O)(=O)[O-])C1(Cl)CC1.[K+]. The van der Waals surface area contributed by atoms with Crippen molar-refractivity contribution >= 4 is 27.5 Å². The maximum absolute atomic E-state index is 10.8. The monoisotopic (exact) mass is 236 g/mol. The van der Waals surface area contributed by atoms with Crippen LogP contribution >= 0.6 is 11.6 Å². The van der Waals surface area contributed by atoms with Crippen molar-refractivity contribution in [2.45, 2.75) is 17.7 Å². The van der Waals surface area contributed by atoms with Crippen LogP contribution in [0.5, 0.6) is 0 Å². The number of ketones is 1. The van der Waals surface area contributed by atoms with Gasteiger partial charge in [0.05, 0.1) is 5.75 Å². The summed E-state index contributed by atoms with van der Waals surface area (Å²) >= 11 is 5.55. The predicted octanol–water partition coefficient (Wildman–Crippen LogP) is -3.12. The first-order valence-corrected chi connectivity index (χ1v) is 4.95. The molecule has 0 unspecified atom stereocenters. The van der Waals surface area contributed by atoms with Crippen molar-refractivity contribution in [3.63, 3.8) is 0 Å². The van der Waals surface area contributed by atoms with Gasteiger partial charge in [-0.3, -0.25) is 4.79 Å². The molecule has 0 N–H and O–H groups in total. The van der Waals surface area contributed by atoms with Crippen LogP contribution in [0, 0.1) is 0 Å². The molecule has 1 aliphatic carbocycles. The van der Waals surface area contributed by atoms with Crippen LogP contribution in [0.25, 0.3) is 0 Å². The zero-order valence-electron chi connectivity index (χ0n) is 6.54. The van der Waals surface area contributed by atoms with Gasteiger partial charge in [-0.05, 0) is 12.8 Å². The number of rotatable bonds is 3. The minimum absolute atomic E-state index is 0. The predicted molar refractivity (Wildman–Crippen MR) is 37.4 cm³/mol. The molecular formula is C5H6ClKO4S. The molecule has 0 aliphatic heterocycles. The fraction of sp³-hybridized carbons (Fsp3) is 0.800. The molecule has 0 amide bonds. The Labute approximate surface area is 118 Å². The normalized spacial score (nSPS) is 19.5. The molecule has 0 atom stereocenters. The number of Topliss-reactive ketones (excluding diaryl/α,β-unsaturated/α-hetero) is 1. The molecule has 64 valence electrons. The molecule has 0 aromatic carbocycles. The first kappa shape index (κ1) is 13.5. The summed E-state index contributed by atoms with van der Waals surface area (Å²) in [5.41, 5.74) is 0. The van der Waals surface area contributed by atoms with Crippen molar-refractivity contribution in [3.8, 4) is 0 Å². The molecule has 4 nitrogen and oxygen atoms in total. The maximum Gasteiger partial charge on any atom is 1.00 e. The van der Waals surface area contributed by atoms with Crippen molar-refractivity contribution in [2.24, 2.45) is 0 Å². The van der Waals surface area contributed by atoms with E-state index in [0.29, 0.717) is 12.8 Å². The number of carbonyl (C=O) groups excluding carboxylic acids is 1. The van der Waals surface area contributed by atoms with E-state index in [-0.39, 0.29) is 51.4 Å². The number of alkyl halides is 1. The average molecular weight is 237 g/mol. The van der Waals surface area contributed by atoms with Gasteiger partial charge in [-0.15, -0.1) is 11.6 Å². The maximum atomic E-state index is 10.8. The minimum Gasteiger partial charge on any atom is -0.748 e. The molecule has 0 saturated heterocycles. The van der Waals surface area contributed by atoms with Crippen molar-refractivity contribution in [3.05, 3.63) is 0 Å². The fourth-order valence-corrected chi connectivity index (χ4v) is 1.52. The third kappa shape index (κ3) is 4.14. The summed E-state index contributed by atoms with van der Waals surface area (Å²) in [5, 5.41) is 0. The Morgan fingerprint density at radius 1 is 1.50 bits per heavy atom. The smallest absolute Gasteiger partial charge is 0.748 e. The van der Waals surface area contributed by atoms with Gasteiger partial charge in [0, 0.05) is 0 Å². The van der Waals surface area contributed by atoms with Gasteiger partial charge in [0.15, 0.2) is 5.78 Å². The third-order valence-electron chi connectivity index (χ3n) is 1.50. The minimum atomic E-state index is -4.45. The molecule has 1 saturated carbocycles. The second-order valence-electron chi connectivity index (χ2n) is 2.59. The van der Waals surface area contributed by atoms with E-state index >= 15 is 0 Å². The summed E-state index contributed by atoms with van der Waals surface area (Å²) in [4.78, 5) is 9.80. The molecule has 0 spiro atoms. The van der Waals surface area contributed by atoms with Crippen LogP contribution < -0.4 is 51.4 Å². The summed E-state index contributed by atoms with van der Waals surface area (Å²) < 4.78 is 30.2. The summed E-state index contributed by atoms with van der Waals surface area (Å²) in [6.45, 7) is 0. The van der Waals surface area contributed by atoms with E-state index in [2.05, 4.69) is 0 Å². The van der Waals surface area contributed by atoms with E-state index in [0.717, 1.165) is 0 Å². The van der Waals surface area contributed by atoms with Gasteiger partial charge in [-0.25, -0.2) is 8.42 Å². The fourth-order valence-electron chi connectivity index (χ4n) is 0.678. The molecule has 0 aromatic heterocycles. The van der Waals surface area contributed by atoms with Crippen LogP contribution in [-0.4, -0.2) is 29.4 Å². The van der Waals surface area contributed by atoms with E-state index < -0.39 is 26.5 Å². The Balaban J connectivity index is 0.00000121. The van der Waals surface area contributed by atoms with E-state index in [9.17, 15) is 17.8 Å². The van der Waals surface area contributed by atoms with E-state index in [1.54, 1.807) is 0 Å². The second kappa shape index (κ2) is 4.35. The van der Waals surface area contributed by atoms with Crippen molar-refractivity contribution < 1.29 is 69.1 Å². The van der Waals surface area contributed by atoms with Crippen LogP contribution in [0.1, 0.15) is 12.8 Å². The summed E-state index contributed by atoms with van der Waals surface area (Å²) in [6.07, 6.45) is 0.950. The molecule has 1 aliphatic rings. The molecule has 7 heteroatoms. The zero-order chi connectivity index (χ0) is 8.70. The number of halogens is 1. The van der Waals surface area contributed by atoms with E-state index in [4.69, 9.17) is 11.6 Å². The number of carbonyl (C=O) groups is 1. The van der Waals surface area contributed by atoms with Gasteiger partial charge in [-0.1, -0.05) is 0 Å². The van der Waals surface area contributed by atoms with Crippen molar-refractivity contribution in [1.29, 1.82) is 0 Å². The number of hydrogen-bond acceptors (Lipinski definition) is 4. The molecular weight excluding hydrogens is 231 g/mol. The quantitative estimate of drug-likeness (QED) is 0.295. The summed E-state index contributed by atoms with van der Waals surface area (Å²) in [5.74, 6) is -1.65. The third-order valence-corrected chi connectivity index (χ3v) is 2.70. The summed E-state index contributed by atoms with van der Waals surface area (Å²) in [7, 11) is -4.45. The van der Waals surface area contributed by atoms with Crippen LogP contribution in [0.15, 0.2) is 0 Å².